The fraction of sp³-hybridized carbons (Fsp3) is 0.150. The van der Waals surface area contributed by atoms with Crippen molar-refractivity contribution in [3.05, 3.63) is 174 Å². The normalized spacial score (nSPS) is 12.7. The lowest BCUT2D eigenvalue weighted by molar-refractivity contribution is 0.0831. The average Bonchev–Trinajstić information content (AvgIpc) is 3.60. The van der Waals surface area contributed by atoms with E-state index in [1.165, 1.54) is 24.4 Å². The van der Waals surface area contributed by atoms with Crippen molar-refractivity contribution in [1.29, 1.82) is 0 Å². The number of hydrogen-bond acceptors (Lipinski definition) is 6. The summed E-state index contributed by atoms with van der Waals surface area (Å²) in [4.78, 5) is 26.7. The van der Waals surface area contributed by atoms with Crippen LogP contribution in [-0.4, -0.2) is 48.0 Å². The Morgan fingerprint density at radius 1 is 0.680 bits per heavy atom. The van der Waals surface area contributed by atoms with Gasteiger partial charge in [-0.15, -0.1) is 0 Å². The van der Waals surface area contributed by atoms with Gasteiger partial charge in [-0.05, 0) is 59.5 Å². The average molecular weight is 687 g/mol. The third-order valence-electron chi connectivity index (χ3n) is 8.50. The minimum atomic E-state index is -4.14. The van der Waals surface area contributed by atoms with Gasteiger partial charge in [-0.3, -0.25) is 9.59 Å². The maximum Gasteiger partial charge on any atom is 0.268 e. The summed E-state index contributed by atoms with van der Waals surface area (Å²) >= 11 is 0. The number of rotatable bonds is 14. The molecule has 6 aromatic rings. The lowest BCUT2D eigenvalue weighted by atomic mass is 10.00. The monoisotopic (exact) mass is 686 g/mol. The first-order valence-electron chi connectivity index (χ1n) is 16.3. The van der Waals surface area contributed by atoms with E-state index in [-0.39, 0.29) is 22.6 Å². The number of nitrogens with zero attached hydrogens (tertiary/aromatic N) is 1. The van der Waals surface area contributed by atoms with Crippen LogP contribution in [0.4, 0.5) is 0 Å². The standard InChI is InChI=1S/C40H38N4O5S/c45-38(28-41-26-30-14-6-2-7-15-30)36(24-29-12-4-1-5-13-29)43-40(47)35-20-11-21-37-34(35)22-23-44(37)50(48,49)33-19-10-18-32(25-33)39(46)42-27-31-16-8-3-9-17-31/h1-23,25,36,38,41,45H,24,26-28H2,(H,42,46)(H,43,47)/t36-,38+/m0/s1. The number of aromatic nitrogens is 1. The van der Waals surface area contributed by atoms with Gasteiger partial charge in [-0.25, -0.2) is 12.4 Å². The van der Waals surface area contributed by atoms with Crippen LogP contribution in [0.3, 0.4) is 0 Å². The van der Waals surface area contributed by atoms with Gasteiger partial charge in [0.2, 0.25) is 0 Å². The fourth-order valence-corrected chi connectivity index (χ4v) is 7.23. The van der Waals surface area contributed by atoms with E-state index in [1.54, 1.807) is 30.3 Å². The van der Waals surface area contributed by atoms with Crippen LogP contribution in [0.5, 0.6) is 0 Å². The molecule has 5 aromatic carbocycles. The zero-order valence-electron chi connectivity index (χ0n) is 27.3. The Hall–Kier alpha value is -5.55. The zero-order chi connectivity index (χ0) is 34.9. The van der Waals surface area contributed by atoms with Crippen LogP contribution in [0.25, 0.3) is 10.9 Å². The van der Waals surface area contributed by atoms with Gasteiger partial charge in [0.15, 0.2) is 0 Å². The van der Waals surface area contributed by atoms with Crippen molar-refractivity contribution in [3.63, 3.8) is 0 Å². The molecule has 4 N–H and O–H groups in total. The minimum absolute atomic E-state index is 0.0636. The number of nitrogens with one attached hydrogen (secondary N) is 3. The predicted molar refractivity (Wildman–Crippen MR) is 194 cm³/mol. The van der Waals surface area contributed by atoms with Gasteiger partial charge >= 0.3 is 0 Å². The van der Waals surface area contributed by atoms with Crippen molar-refractivity contribution in [2.45, 2.75) is 36.6 Å². The summed E-state index contributed by atoms with van der Waals surface area (Å²) in [6.07, 6.45) is 0.883. The van der Waals surface area contributed by atoms with Gasteiger partial charge in [0.1, 0.15) is 0 Å². The molecular weight excluding hydrogens is 649 g/mol. The van der Waals surface area contributed by atoms with Crippen LogP contribution < -0.4 is 16.0 Å². The summed E-state index contributed by atoms with van der Waals surface area (Å²) in [5.41, 5.74) is 3.73. The molecule has 1 heterocycles. The molecule has 0 bridgehead atoms. The smallest absolute Gasteiger partial charge is 0.268 e. The molecular formula is C40H38N4O5S. The molecule has 0 aliphatic heterocycles. The molecule has 10 heteroatoms. The Labute approximate surface area is 291 Å². The van der Waals surface area contributed by atoms with Crippen molar-refractivity contribution in [2.24, 2.45) is 0 Å². The predicted octanol–water partition coefficient (Wildman–Crippen LogP) is 5.30. The van der Waals surface area contributed by atoms with E-state index < -0.39 is 34.0 Å². The first-order chi connectivity index (χ1) is 24.3. The molecule has 0 aliphatic rings. The second-order valence-corrected chi connectivity index (χ2v) is 13.8. The van der Waals surface area contributed by atoms with E-state index in [0.29, 0.717) is 30.4 Å². The minimum Gasteiger partial charge on any atom is -0.390 e. The van der Waals surface area contributed by atoms with Crippen LogP contribution in [0, 0.1) is 0 Å². The van der Waals surface area contributed by atoms with Crippen LogP contribution in [0.1, 0.15) is 37.4 Å². The lowest BCUT2D eigenvalue weighted by Gasteiger charge is -2.25. The summed E-state index contributed by atoms with van der Waals surface area (Å²) in [5, 5.41) is 20.8. The first kappa shape index (κ1) is 34.3. The molecule has 0 aliphatic carbocycles. The number of carbonyl (C=O) groups excluding carboxylic acids is 2. The van der Waals surface area contributed by atoms with E-state index in [2.05, 4.69) is 16.0 Å². The molecule has 0 spiro atoms. The molecule has 0 unspecified atom stereocenters. The van der Waals surface area contributed by atoms with Crippen LogP contribution in [0.2, 0.25) is 0 Å². The summed E-state index contributed by atoms with van der Waals surface area (Å²) in [7, 11) is -4.14. The Kier molecular flexibility index (Phi) is 10.8. The SMILES string of the molecule is O=C(NCc1ccccc1)c1cccc(S(=O)(=O)n2ccc3c(C(=O)N[C@@H](Cc4ccccc4)[C@H](O)CNCc4ccccc4)cccc32)c1. The first-order valence-corrected chi connectivity index (χ1v) is 17.8. The maximum absolute atomic E-state index is 13.9. The second kappa shape index (κ2) is 15.8. The molecule has 0 saturated carbocycles. The Morgan fingerprint density at radius 2 is 1.30 bits per heavy atom. The fourth-order valence-electron chi connectivity index (χ4n) is 5.84. The summed E-state index contributed by atoms with van der Waals surface area (Å²) in [5.74, 6) is -0.837. The van der Waals surface area contributed by atoms with E-state index >= 15 is 0 Å². The van der Waals surface area contributed by atoms with Gasteiger partial charge < -0.3 is 21.1 Å². The van der Waals surface area contributed by atoms with Gasteiger partial charge in [0.25, 0.3) is 21.8 Å². The molecule has 2 amide bonds. The van der Waals surface area contributed by atoms with E-state index in [9.17, 15) is 23.1 Å². The molecule has 254 valence electrons. The summed E-state index contributed by atoms with van der Waals surface area (Å²) < 4.78 is 28.9. The van der Waals surface area contributed by atoms with Crippen LogP contribution in [-0.2, 0) is 29.5 Å². The van der Waals surface area contributed by atoms with Crippen molar-refractivity contribution in [1.82, 2.24) is 19.9 Å². The summed E-state index contributed by atoms with van der Waals surface area (Å²) in [6.45, 7) is 1.11. The van der Waals surface area contributed by atoms with E-state index in [1.807, 2.05) is 91.0 Å². The number of fused-ring (bicyclic) bond motifs is 1. The number of carbonyl (C=O) groups is 2. The topological polar surface area (TPSA) is 130 Å². The van der Waals surface area contributed by atoms with Gasteiger partial charge in [-0.1, -0.05) is 103 Å². The van der Waals surface area contributed by atoms with E-state index in [0.717, 1.165) is 20.7 Å². The number of aliphatic hydroxyl groups excluding tert-OH is 1. The van der Waals surface area contributed by atoms with Gasteiger partial charge in [0.05, 0.1) is 22.6 Å². The van der Waals surface area contributed by atoms with Gasteiger partial charge in [-0.2, -0.15) is 0 Å². The third-order valence-corrected chi connectivity index (χ3v) is 10.2. The highest BCUT2D eigenvalue weighted by atomic mass is 32.2. The quantitative estimate of drug-likeness (QED) is 0.123. The van der Waals surface area contributed by atoms with Crippen LogP contribution in [0.15, 0.2) is 151 Å². The molecule has 9 nitrogen and oxygen atoms in total. The summed E-state index contributed by atoms with van der Waals surface area (Å²) in [6, 6.07) is 40.6. The molecule has 1 aromatic heterocycles. The van der Waals surface area contributed by atoms with Crippen molar-refractivity contribution < 1.29 is 23.1 Å². The van der Waals surface area contributed by atoms with Crippen molar-refractivity contribution in [3.8, 4) is 0 Å². The Morgan fingerprint density at radius 3 is 1.98 bits per heavy atom. The lowest BCUT2D eigenvalue weighted by Crippen LogP contribution is -2.48. The molecule has 0 radical (unpaired) electrons. The number of amides is 2. The van der Waals surface area contributed by atoms with E-state index in [4.69, 9.17) is 0 Å². The second-order valence-electron chi connectivity index (χ2n) is 12.0. The largest absolute Gasteiger partial charge is 0.390 e. The number of hydrogen-bond donors (Lipinski definition) is 4. The number of aliphatic hydroxyl groups is 1. The highest BCUT2D eigenvalue weighted by Crippen LogP contribution is 2.26. The Balaban J connectivity index is 1.20. The van der Waals surface area contributed by atoms with Crippen molar-refractivity contribution in [2.75, 3.05) is 6.54 Å². The Bertz CT molecular complexity index is 2170. The van der Waals surface area contributed by atoms with Crippen molar-refractivity contribution >= 4 is 32.7 Å². The third kappa shape index (κ3) is 8.18. The molecule has 2 atom stereocenters. The zero-order valence-corrected chi connectivity index (χ0v) is 28.1. The number of benzene rings is 5. The molecule has 0 saturated heterocycles. The van der Waals surface area contributed by atoms with Crippen LogP contribution >= 0.6 is 0 Å². The highest BCUT2D eigenvalue weighted by molar-refractivity contribution is 7.90. The highest BCUT2D eigenvalue weighted by Gasteiger charge is 2.26. The molecule has 6 rings (SSSR count). The maximum atomic E-state index is 13.9. The molecule has 0 fully saturated rings. The molecule has 50 heavy (non-hydrogen) atoms. The van der Waals surface area contributed by atoms with Gasteiger partial charge in [0, 0.05) is 42.3 Å².